The molecule has 10 heteroatoms. The van der Waals surface area contributed by atoms with Crippen molar-refractivity contribution in [2.45, 2.75) is 25.7 Å². The van der Waals surface area contributed by atoms with Crippen molar-refractivity contribution in [3.8, 4) is 11.5 Å². The van der Waals surface area contributed by atoms with Gasteiger partial charge in [0.05, 0.1) is 43.2 Å². The van der Waals surface area contributed by atoms with Gasteiger partial charge >= 0.3 is 5.69 Å². The van der Waals surface area contributed by atoms with E-state index < -0.39 is 4.92 Å². The van der Waals surface area contributed by atoms with E-state index in [0.29, 0.717) is 30.7 Å². The topological polar surface area (TPSA) is 115 Å². The first kappa shape index (κ1) is 28.3. The molecular weight excluding hydrogens is 548 g/mol. The molecule has 1 atom stereocenters. The van der Waals surface area contributed by atoms with Gasteiger partial charge in [-0.25, -0.2) is 0 Å². The Morgan fingerprint density at radius 2 is 1.79 bits per heavy atom. The molecule has 6 rings (SSSR count). The summed E-state index contributed by atoms with van der Waals surface area (Å²) in [5.41, 5.74) is 6.84. The highest BCUT2D eigenvalue weighted by Gasteiger charge is 2.26. The predicted molar refractivity (Wildman–Crippen MR) is 166 cm³/mol. The van der Waals surface area contributed by atoms with Crippen LogP contribution < -0.4 is 25.0 Å². The number of anilines is 3. The fourth-order valence-corrected chi connectivity index (χ4v) is 5.65. The quantitative estimate of drug-likeness (QED) is 0.241. The van der Waals surface area contributed by atoms with Gasteiger partial charge in [-0.3, -0.25) is 14.9 Å². The van der Waals surface area contributed by atoms with Gasteiger partial charge in [-0.15, -0.1) is 0 Å². The Morgan fingerprint density at radius 1 is 1.00 bits per heavy atom. The van der Waals surface area contributed by atoms with Gasteiger partial charge in [0.1, 0.15) is 5.75 Å². The molecule has 1 fully saturated rings. The Balaban J connectivity index is 1.14. The Kier molecular flexibility index (Phi) is 8.02. The van der Waals surface area contributed by atoms with E-state index in [9.17, 15) is 14.9 Å². The number of nitro groups is 1. The van der Waals surface area contributed by atoms with E-state index in [-0.39, 0.29) is 23.3 Å². The highest BCUT2D eigenvalue weighted by molar-refractivity contribution is 6.09. The molecule has 43 heavy (non-hydrogen) atoms. The molecule has 0 aromatic heterocycles. The Morgan fingerprint density at radius 3 is 2.53 bits per heavy atom. The molecule has 1 aliphatic carbocycles. The third kappa shape index (κ3) is 6.05. The SMILES string of the molecule is COc1cc(C2=CC3=C(CC2)C(=O)Nc2cc(C(C)COc4ccc(N5CCOCC5)cc4)ccc2N3)ccc1[N+](=O)[O-]. The van der Waals surface area contributed by atoms with Crippen molar-refractivity contribution < 1.29 is 23.9 Å². The van der Waals surface area contributed by atoms with E-state index in [1.807, 2.05) is 36.4 Å². The van der Waals surface area contributed by atoms with Gasteiger partial charge in [-0.2, -0.15) is 0 Å². The number of hydrogen-bond donors (Lipinski definition) is 2. The first-order chi connectivity index (χ1) is 20.9. The van der Waals surface area contributed by atoms with Crippen molar-refractivity contribution in [2.75, 3.05) is 55.6 Å². The first-order valence-corrected chi connectivity index (χ1v) is 14.4. The highest BCUT2D eigenvalue weighted by Crippen LogP contribution is 2.39. The molecule has 2 N–H and O–H groups in total. The number of allylic oxidation sites excluding steroid dienone is 2. The van der Waals surface area contributed by atoms with E-state index in [4.69, 9.17) is 14.2 Å². The minimum absolute atomic E-state index is 0.0828. The van der Waals surface area contributed by atoms with E-state index in [1.165, 1.54) is 18.9 Å². The lowest BCUT2D eigenvalue weighted by atomic mass is 9.90. The highest BCUT2D eigenvalue weighted by atomic mass is 16.6. The minimum Gasteiger partial charge on any atom is -0.493 e. The second-order valence-corrected chi connectivity index (χ2v) is 10.9. The van der Waals surface area contributed by atoms with E-state index >= 15 is 0 Å². The number of morpholine rings is 1. The molecule has 0 radical (unpaired) electrons. The smallest absolute Gasteiger partial charge is 0.310 e. The average Bonchev–Trinajstić information content (AvgIpc) is 3.18. The largest absolute Gasteiger partial charge is 0.493 e. The van der Waals surface area contributed by atoms with Gasteiger partial charge in [0.25, 0.3) is 5.91 Å². The van der Waals surface area contributed by atoms with Crippen molar-refractivity contribution in [1.82, 2.24) is 0 Å². The van der Waals surface area contributed by atoms with Crippen LogP contribution >= 0.6 is 0 Å². The minimum atomic E-state index is -0.461. The zero-order chi connectivity index (χ0) is 29.9. The lowest BCUT2D eigenvalue weighted by molar-refractivity contribution is -0.385. The molecule has 0 bridgehead atoms. The summed E-state index contributed by atoms with van der Waals surface area (Å²) in [6.07, 6.45) is 3.11. The van der Waals surface area contributed by atoms with Crippen LogP contribution in [-0.2, 0) is 9.53 Å². The summed E-state index contributed by atoms with van der Waals surface area (Å²) in [5, 5.41) is 17.8. The van der Waals surface area contributed by atoms with Gasteiger partial charge in [-0.1, -0.05) is 13.0 Å². The van der Waals surface area contributed by atoms with Gasteiger partial charge in [0, 0.05) is 42.0 Å². The maximum absolute atomic E-state index is 13.2. The van der Waals surface area contributed by atoms with Crippen molar-refractivity contribution in [1.29, 1.82) is 0 Å². The Bertz CT molecular complexity index is 1610. The molecule has 222 valence electrons. The second kappa shape index (κ2) is 12.2. The number of fused-ring (bicyclic) bond motifs is 1. The zero-order valence-electron chi connectivity index (χ0n) is 24.2. The van der Waals surface area contributed by atoms with Gasteiger partial charge in [-0.05, 0) is 84.1 Å². The summed E-state index contributed by atoms with van der Waals surface area (Å²) < 4.78 is 16.8. The molecule has 2 heterocycles. The summed E-state index contributed by atoms with van der Waals surface area (Å²) >= 11 is 0. The first-order valence-electron chi connectivity index (χ1n) is 14.4. The van der Waals surface area contributed by atoms with Gasteiger partial charge in [0.2, 0.25) is 0 Å². The Hall–Kier alpha value is -4.83. The van der Waals surface area contributed by atoms with E-state index in [2.05, 4.69) is 34.6 Å². The predicted octanol–water partition coefficient (Wildman–Crippen LogP) is 6.12. The van der Waals surface area contributed by atoms with Crippen LogP contribution in [0.5, 0.6) is 11.5 Å². The monoisotopic (exact) mass is 582 g/mol. The summed E-state index contributed by atoms with van der Waals surface area (Å²) in [5.74, 6) is 0.976. The molecular formula is C33H34N4O6. The third-order valence-electron chi connectivity index (χ3n) is 8.15. The number of ether oxygens (including phenoxy) is 3. The van der Waals surface area contributed by atoms with Crippen LogP contribution in [0.2, 0.25) is 0 Å². The molecule has 3 aromatic carbocycles. The van der Waals surface area contributed by atoms with Gasteiger partial charge in [0.15, 0.2) is 5.75 Å². The van der Waals surface area contributed by atoms with Crippen molar-refractivity contribution in [3.05, 3.63) is 99.3 Å². The molecule has 1 unspecified atom stereocenters. The summed E-state index contributed by atoms with van der Waals surface area (Å²) in [6, 6.07) is 19.1. The van der Waals surface area contributed by atoms with E-state index in [1.54, 1.807) is 12.1 Å². The number of rotatable bonds is 8. The fraction of sp³-hybridized carbons (Fsp3) is 0.303. The average molecular weight is 583 g/mol. The Labute approximate surface area is 250 Å². The second-order valence-electron chi connectivity index (χ2n) is 10.9. The van der Waals surface area contributed by atoms with Crippen LogP contribution in [0.15, 0.2) is 78.0 Å². The number of carbonyl (C=O) groups is 1. The number of methoxy groups -OCH3 is 1. The number of nitrogens with one attached hydrogen (secondary N) is 2. The molecule has 1 amide bonds. The van der Waals surface area contributed by atoms with Crippen molar-refractivity contribution in [3.63, 3.8) is 0 Å². The van der Waals surface area contributed by atoms with Crippen LogP contribution in [0.4, 0.5) is 22.7 Å². The molecule has 0 spiro atoms. The summed E-state index contributed by atoms with van der Waals surface area (Å²) in [7, 11) is 1.42. The normalized spacial score (nSPS) is 17.0. The number of benzene rings is 3. The molecule has 0 saturated carbocycles. The van der Waals surface area contributed by atoms with Crippen LogP contribution in [0.25, 0.3) is 5.57 Å². The van der Waals surface area contributed by atoms with Crippen molar-refractivity contribution in [2.24, 2.45) is 0 Å². The molecule has 10 nitrogen and oxygen atoms in total. The summed E-state index contributed by atoms with van der Waals surface area (Å²) in [4.78, 5) is 26.4. The number of nitrogens with zero attached hydrogens (tertiary/aromatic N) is 2. The number of hydrogen-bond acceptors (Lipinski definition) is 8. The van der Waals surface area contributed by atoms with Crippen LogP contribution in [0.1, 0.15) is 36.8 Å². The number of nitro benzene ring substituents is 1. The third-order valence-corrected chi connectivity index (χ3v) is 8.15. The summed E-state index contributed by atoms with van der Waals surface area (Å²) in [6.45, 7) is 5.89. The maximum atomic E-state index is 13.2. The number of amides is 1. The van der Waals surface area contributed by atoms with Crippen LogP contribution in [-0.4, -0.2) is 50.9 Å². The van der Waals surface area contributed by atoms with Gasteiger partial charge < -0.3 is 29.7 Å². The number of carbonyl (C=O) groups excluding carboxylic acids is 1. The molecule has 3 aromatic rings. The fourth-order valence-electron chi connectivity index (χ4n) is 5.65. The standard InChI is InChI=1S/C33H34N4O6/c1-21(20-43-26-8-6-25(7-9-26)36-13-15-42-16-14-36)22-4-11-28-30(17-22)35-33(38)27-10-3-23(18-29(27)34-28)24-5-12-31(37(39)40)32(19-24)41-2/h4-9,11-12,17-19,21,34H,3,10,13-16,20H2,1-2H3,(H,35,38). The molecule has 2 aliphatic heterocycles. The zero-order valence-corrected chi connectivity index (χ0v) is 24.2. The van der Waals surface area contributed by atoms with E-state index in [0.717, 1.165) is 60.1 Å². The lowest BCUT2D eigenvalue weighted by Gasteiger charge is -2.28. The maximum Gasteiger partial charge on any atom is 0.310 e. The van der Waals surface area contributed by atoms with Crippen LogP contribution in [0, 0.1) is 10.1 Å². The van der Waals surface area contributed by atoms with Crippen molar-refractivity contribution >= 4 is 34.2 Å². The lowest BCUT2D eigenvalue weighted by Crippen LogP contribution is -2.36. The van der Waals surface area contributed by atoms with Crippen LogP contribution in [0.3, 0.4) is 0 Å². The molecule has 3 aliphatic rings. The molecule has 1 saturated heterocycles.